The van der Waals surface area contributed by atoms with Crippen LogP contribution in [0.4, 0.5) is 0 Å². The molecule has 0 bridgehead atoms. The maximum atomic E-state index is 12.4. The minimum absolute atomic E-state index is 0.213. The smallest absolute Gasteiger partial charge is 0.287 e. The molecule has 1 heterocycles. The molecule has 6 nitrogen and oxygen atoms in total. The van der Waals surface area contributed by atoms with E-state index in [1.165, 1.54) is 6.26 Å². The number of benzene rings is 2. The van der Waals surface area contributed by atoms with Crippen LogP contribution in [0, 0.1) is 0 Å². The highest BCUT2D eigenvalue weighted by Gasteiger charge is 2.16. The van der Waals surface area contributed by atoms with E-state index in [1.54, 1.807) is 37.4 Å². The Kier molecular flexibility index (Phi) is 5.89. The van der Waals surface area contributed by atoms with Gasteiger partial charge in [0.25, 0.3) is 11.8 Å². The van der Waals surface area contributed by atoms with Gasteiger partial charge in [0.05, 0.1) is 13.4 Å². The zero-order valence-electron chi connectivity index (χ0n) is 14.9. The highest BCUT2D eigenvalue weighted by atomic mass is 16.5. The minimum Gasteiger partial charge on any atom is -0.497 e. The van der Waals surface area contributed by atoms with Crippen molar-refractivity contribution in [2.75, 3.05) is 20.2 Å². The van der Waals surface area contributed by atoms with Gasteiger partial charge in [-0.2, -0.15) is 0 Å². The number of amides is 2. The summed E-state index contributed by atoms with van der Waals surface area (Å²) >= 11 is 0. The number of hydrogen-bond acceptors (Lipinski definition) is 4. The van der Waals surface area contributed by atoms with Gasteiger partial charge in [0.2, 0.25) is 0 Å². The van der Waals surface area contributed by atoms with Crippen LogP contribution >= 0.6 is 0 Å². The summed E-state index contributed by atoms with van der Waals surface area (Å²) in [5.41, 5.74) is 2.17. The average Bonchev–Trinajstić information content (AvgIpc) is 3.21. The van der Waals surface area contributed by atoms with Crippen LogP contribution in [-0.2, 0) is 0 Å². The van der Waals surface area contributed by atoms with Gasteiger partial charge in [-0.1, -0.05) is 30.3 Å². The average molecular weight is 364 g/mol. The highest BCUT2D eigenvalue weighted by molar-refractivity contribution is 5.98. The Morgan fingerprint density at radius 3 is 2.22 bits per heavy atom. The lowest BCUT2D eigenvalue weighted by atomic mass is 10.1. The van der Waals surface area contributed by atoms with Gasteiger partial charge in [-0.3, -0.25) is 9.59 Å². The number of methoxy groups -OCH3 is 1. The van der Waals surface area contributed by atoms with Crippen LogP contribution < -0.4 is 15.4 Å². The lowest BCUT2D eigenvalue weighted by Crippen LogP contribution is -2.34. The summed E-state index contributed by atoms with van der Waals surface area (Å²) in [5.74, 6) is 0.404. The Balaban J connectivity index is 1.50. The van der Waals surface area contributed by atoms with Gasteiger partial charge in [-0.25, -0.2) is 0 Å². The highest BCUT2D eigenvalue weighted by Crippen LogP contribution is 2.24. The van der Waals surface area contributed by atoms with E-state index >= 15 is 0 Å². The van der Waals surface area contributed by atoms with Gasteiger partial charge in [0, 0.05) is 24.2 Å². The largest absolute Gasteiger partial charge is 0.497 e. The van der Waals surface area contributed by atoms with E-state index in [0.717, 1.165) is 11.1 Å². The Bertz CT molecular complexity index is 901. The maximum absolute atomic E-state index is 12.4. The molecule has 0 spiro atoms. The molecule has 0 aliphatic heterocycles. The lowest BCUT2D eigenvalue weighted by Gasteiger charge is -2.08. The molecule has 6 heteroatoms. The number of nitrogens with one attached hydrogen (secondary N) is 2. The molecule has 2 aromatic carbocycles. The van der Waals surface area contributed by atoms with E-state index in [1.807, 2.05) is 30.3 Å². The van der Waals surface area contributed by atoms with E-state index < -0.39 is 0 Å². The van der Waals surface area contributed by atoms with Gasteiger partial charge >= 0.3 is 0 Å². The molecule has 0 fully saturated rings. The molecular weight excluding hydrogens is 344 g/mol. The molecule has 0 aliphatic carbocycles. The molecule has 0 radical (unpaired) electrons. The summed E-state index contributed by atoms with van der Waals surface area (Å²) < 4.78 is 10.4. The van der Waals surface area contributed by atoms with Crippen LogP contribution in [-0.4, -0.2) is 32.0 Å². The molecular formula is C21H20N2O4. The van der Waals surface area contributed by atoms with Gasteiger partial charge < -0.3 is 19.8 Å². The van der Waals surface area contributed by atoms with Gasteiger partial charge in [-0.05, 0) is 35.9 Å². The third-order valence-electron chi connectivity index (χ3n) is 4.00. The maximum Gasteiger partial charge on any atom is 0.287 e. The SMILES string of the molecule is COc1ccc(C(=O)NCCNC(=O)c2occc2-c2ccccc2)cc1. The van der Waals surface area contributed by atoms with Crippen molar-refractivity contribution in [1.82, 2.24) is 10.6 Å². The van der Waals surface area contributed by atoms with E-state index in [4.69, 9.17) is 9.15 Å². The van der Waals surface area contributed by atoms with Crippen molar-refractivity contribution in [3.8, 4) is 16.9 Å². The number of rotatable bonds is 7. The molecule has 3 rings (SSSR count). The van der Waals surface area contributed by atoms with Gasteiger partial charge in [-0.15, -0.1) is 0 Å². The topological polar surface area (TPSA) is 80.6 Å². The van der Waals surface area contributed by atoms with Crippen molar-refractivity contribution in [2.24, 2.45) is 0 Å². The molecule has 2 N–H and O–H groups in total. The third-order valence-corrected chi connectivity index (χ3v) is 4.00. The van der Waals surface area contributed by atoms with E-state index in [0.29, 0.717) is 17.9 Å². The first kappa shape index (κ1) is 18.3. The number of ether oxygens (including phenoxy) is 1. The van der Waals surface area contributed by atoms with Crippen LogP contribution in [0.15, 0.2) is 71.3 Å². The zero-order chi connectivity index (χ0) is 19.1. The molecule has 0 saturated heterocycles. The second-order valence-corrected chi connectivity index (χ2v) is 5.77. The zero-order valence-corrected chi connectivity index (χ0v) is 14.9. The Labute approximate surface area is 157 Å². The van der Waals surface area contributed by atoms with Gasteiger partial charge in [0.15, 0.2) is 5.76 Å². The molecule has 0 atom stereocenters. The minimum atomic E-state index is -0.322. The first-order valence-corrected chi connectivity index (χ1v) is 8.52. The Morgan fingerprint density at radius 2 is 1.56 bits per heavy atom. The fraction of sp³-hybridized carbons (Fsp3) is 0.143. The summed E-state index contributed by atoms with van der Waals surface area (Å²) in [5, 5.41) is 5.51. The number of carbonyl (C=O) groups is 2. The Hall–Kier alpha value is -3.54. The first-order chi connectivity index (χ1) is 13.2. The number of furan rings is 1. The van der Waals surface area contributed by atoms with Crippen molar-refractivity contribution in [3.05, 3.63) is 78.3 Å². The summed E-state index contributed by atoms with van der Waals surface area (Å²) in [7, 11) is 1.57. The van der Waals surface area contributed by atoms with Crippen LogP contribution in [0.25, 0.3) is 11.1 Å². The fourth-order valence-corrected chi connectivity index (χ4v) is 2.61. The first-order valence-electron chi connectivity index (χ1n) is 8.52. The molecule has 0 unspecified atom stereocenters. The van der Waals surface area contributed by atoms with Crippen LogP contribution in [0.5, 0.6) is 5.75 Å². The second-order valence-electron chi connectivity index (χ2n) is 5.77. The molecule has 138 valence electrons. The molecule has 27 heavy (non-hydrogen) atoms. The molecule has 3 aromatic rings. The van der Waals surface area contributed by atoms with E-state index in [9.17, 15) is 9.59 Å². The van der Waals surface area contributed by atoms with Crippen molar-refractivity contribution in [3.63, 3.8) is 0 Å². The molecule has 2 amide bonds. The lowest BCUT2D eigenvalue weighted by molar-refractivity contribution is 0.0911. The molecule has 1 aromatic heterocycles. The summed E-state index contributed by atoms with van der Waals surface area (Å²) in [6, 6.07) is 18.1. The van der Waals surface area contributed by atoms with E-state index in [-0.39, 0.29) is 24.1 Å². The van der Waals surface area contributed by atoms with Crippen molar-refractivity contribution < 1.29 is 18.7 Å². The van der Waals surface area contributed by atoms with Crippen molar-refractivity contribution >= 4 is 11.8 Å². The third kappa shape index (κ3) is 4.55. The van der Waals surface area contributed by atoms with Crippen molar-refractivity contribution in [1.29, 1.82) is 0 Å². The quantitative estimate of drug-likeness (QED) is 0.631. The molecule has 0 aliphatic rings. The van der Waals surface area contributed by atoms with E-state index in [2.05, 4.69) is 10.6 Å². The monoisotopic (exact) mass is 364 g/mol. The number of carbonyl (C=O) groups excluding carboxylic acids is 2. The van der Waals surface area contributed by atoms with Crippen LogP contribution in [0.3, 0.4) is 0 Å². The number of hydrogen-bond donors (Lipinski definition) is 2. The summed E-state index contributed by atoms with van der Waals surface area (Å²) in [4.78, 5) is 24.4. The van der Waals surface area contributed by atoms with Crippen molar-refractivity contribution in [2.45, 2.75) is 0 Å². The van der Waals surface area contributed by atoms with Gasteiger partial charge in [0.1, 0.15) is 5.75 Å². The van der Waals surface area contributed by atoms with Crippen LogP contribution in [0.1, 0.15) is 20.9 Å². The predicted molar refractivity (Wildman–Crippen MR) is 102 cm³/mol. The Morgan fingerprint density at radius 1 is 0.889 bits per heavy atom. The molecule has 0 saturated carbocycles. The standard InChI is InChI=1S/C21H20N2O4/c1-26-17-9-7-16(8-10-17)20(24)22-12-13-23-21(25)19-18(11-14-27-19)15-5-3-2-4-6-15/h2-11,14H,12-13H2,1H3,(H,22,24)(H,23,25). The predicted octanol–water partition coefficient (Wildman–Crippen LogP) is 3.12. The normalized spacial score (nSPS) is 10.3. The fourth-order valence-electron chi connectivity index (χ4n) is 2.61. The summed E-state index contributed by atoms with van der Waals surface area (Å²) in [6.45, 7) is 0.591. The second kappa shape index (κ2) is 8.71. The van der Waals surface area contributed by atoms with Crippen LogP contribution in [0.2, 0.25) is 0 Å². The summed E-state index contributed by atoms with van der Waals surface area (Å²) in [6.07, 6.45) is 1.49.